The van der Waals surface area contributed by atoms with Crippen LogP contribution in [0.25, 0.3) is 0 Å². The van der Waals surface area contributed by atoms with E-state index in [1.807, 2.05) is 48.3 Å². The molecule has 0 saturated carbocycles. The van der Waals surface area contributed by atoms with Crippen LogP contribution in [0, 0.1) is 0 Å². The molecular weight excluding hydrogens is 248 g/mol. The van der Waals surface area contributed by atoms with Crippen molar-refractivity contribution in [3.8, 4) is 5.75 Å². The maximum Gasteiger partial charge on any atom is 0.147 e. The van der Waals surface area contributed by atoms with E-state index in [-0.39, 0.29) is 0 Å². The van der Waals surface area contributed by atoms with Gasteiger partial charge in [0.05, 0.1) is 12.1 Å². The molecule has 0 radical (unpaired) electrons. The molecule has 0 bridgehead atoms. The molecule has 0 aliphatic rings. The number of anilines is 1. The van der Waals surface area contributed by atoms with Gasteiger partial charge in [0, 0.05) is 19.8 Å². The SMILES string of the molecule is COc1ccc(CN(C)c2ncccc2Cl)cc1. The van der Waals surface area contributed by atoms with Crippen LogP contribution < -0.4 is 9.64 Å². The fourth-order valence-corrected chi connectivity index (χ4v) is 2.00. The molecule has 4 heteroatoms. The fraction of sp³-hybridized carbons (Fsp3) is 0.214. The van der Waals surface area contributed by atoms with Gasteiger partial charge in [-0.3, -0.25) is 0 Å². The molecule has 0 atom stereocenters. The number of ether oxygens (including phenoxy) is 1. The third-order valence-corrected chi connectivity index (χ3v) is 2.97. The number of halogens is 1. The van der Waals surface area contributed by atoms with Crippen LogP contribution in [-0.4, -0.2) is 19.1 Å². The van der Waals surface area contributed by atoms with Gasteiger partial charge in [-0.2, -0.15) is 0 Å². The maximum atomic E-state index is 6.11. The zero-order valence-corrected chi connectivity index (χ0v) is 11.2. The Morgan fingerprint density at radius 1 is 1.22 bits per heavy atom. The first-order valence-electron chi connectivity index (χ1n) is 5.65. The highest BCUT2D eigenvalue weighted by molar-refractivity contribution is 6.32. The van der Waals surface area contributed by atoms with Crippen molar-refractivity contribution in [1.82, 2.24) is 4.98 Å². The second-order valence-corrected chi connectivity index (χ2v) is 4.42. The van der Waals surface area contributed by atoms with Crippen molar-refractivity contribution in [1.29, 1.82) is 0 Å². The molecule has 1 heterocycles. The number of pyridine rings is 1. The van der Waals surface area contributed by atoms with Crippen molar-refractivity contribution >= 4 is 17.4 Å². The van der Waals surface area contributed by atoms with E-state index < -0.39 is 0 Å². The third kappa shape index (κ3) is 2.93. The van der Waals surface area contributed by atoms with E-state index in [0.717, 1.165) is 18.1 Å². The third-order valence-electron chi connectivity index (χ3n) is 2.68. The monoisotopic (exact) mass is 262 g/mol. The van der Waals surface area contributed by atoms with Gasteiger partial charge < -0.3 is 9.64 Å². The zero-order valence-electron chi connectivity index (χ0n) is 10.4. The van der Waals surface area contributed by atoms with E-state index in [1.54, 1.807) is 13.3 Å². The summed E-state index contributed by atoms with van der Waals surface area (Å²) in [6.45, 7) is 0.751. The number of methoxy groups -OCH3 is 1. The molecule has 94 valence electrons. The largest absolute Gasteiger partial charge is 0.497 e. The molecule has 18 heavy (non-hydrogen) atoms. The quantitative estimate of drug-likeness (QED) is 0.845. The van der Waals surface area contributed by atoms with Crippen molar-refractivity contribution in [3.05, 3.63) is 53.2 Å². The van der Waals surface area contributed by atoms with Gasteiger partial charge >= 0.3 is 0 Å². The van der Waals surface area contributed by atoms with E-state index >= 15 is 0 Å². The smallest absolute Gasteiger partial charge is 0.147 e. The lowest BCUT2D eigenvalue weighted by Gasteiger charge is -2.19. The van der Waals surface area contributed by atoms with Crippen LogP contribution in [0.1, 0.15) is 5.56 Å². The molecule has 0 fully saturated rings. The van der Waals surface area contributed by atoms with Crippen LogP contribution in [0.5, 0.6) is 5.75 Å². The summed E-state index contributed by atoms with van der Waals surface area (Å²) in [4.78, 5) is 6.30. The highest BCUT2D eigenvalue weighted by Crippen LogP contribution is 2.23. The summed E-state index contributed by atoms with van der Waals surface area (Å²) in [7, 11) is 3.63. The Balaban J connectivity index is 2.11. The highest BCUT2D eigenvalue weighted by atomic mass is 35.5. The first kappa shape index (κ1) is 12.7. The molecule has 0 aliphatic heterocycles. The molecule has 0 amide bonds. The average Bonchev–Trinajstić information content (AvgIpc) is 2.40. The molecular formula is C14H15ClN2O. The molecule has 0 spiro atoms. The van der Waals surface area contributed by atoms with Crippen LogP contribution in [-0.2, 0) is 6.54 Å². The fourth-order valence-electron chi connectivity index (χ4n) is 1.74. The van der Waals surface area contributed by atoms with E-state index in [2.05, 4.69) is 4.98 Å². The highest BCUT2D eigenvalue weighted by Gasteiger charge is 2.07. The normalized spacial score (nSPS) is 10.2. The molecule has 1 aromatic carbocycles. The zero-order chi connectivity index (χ0) is 13.0. The van der Waals surface area contributed by atoms with Crippen molar-refractivity contribution in [3.63, 3.8) is 0 Å². The summed E-state index contributed by atoms with van der Waals surface area (Å²) in [6.07, 6.45) is 1.74. The molecule has 1 aromatic heterocycles. The summed E-state index contributed by atoms with van der Waals surface area (Å²) in [5.74, 6) is 1.65. The lowest BCUT2D eigenvalue weighted by atomic mass is 10.2. The van der Waals surface area contributed by atoms with E-state index in [9.17, 15) is 0 Å². The summed E-state index contributed by atoms with van der Waals surface area (Å²) in [6, 6.07) is 11.6. The minimum atomic E-state index is 0.661. The Kier molecular flexibility index (Phi) is 4.05. The van der Waals surface area contributed by atoms with Crippen LogP contribution >= 0.6 is 11.6 Å². The first-order valence-corrected chi connectivity index (χ1v) is 6.03. The number of aromatic nitrogens is 1. The average molecular weight is 263 g/mol. The molecule has 2 rings (SSSR count). The van der Waals surface area contributed by atoms with Crippen LogP contribution in [0.2, 0.25) is 5.02 Å². The molecule has 0 unspecified atom stereocenters. The minimum absolute atomic E-state index is 0.661. The number of nitrogens with zero attached hydrogens (tertiary/aromatic N) is 2. The maximum absolute atomic E-state index is 6.11. The Hall–Kier alpha value is -1.74. The molecule has 0 N–H and O–H groups in total. The Labute approximate surface area is 112 Å². The van der Waals surface area contributed by atoms with Crippen molar-refractivity contribution < 1.29 is 4.74 Å². The second-order valence-electron chi connectivity index (χ2n) is 4.01. The van der Waals surface area contributed by atoms with Gasteiger partial charge in [-0.1, -0.05) is 23.7 Å². The summed E-state index contributed by atoms with van der Waals surface area (Å²) >= 11 is 6.11. The van der Waals surface area contributed by atoms with E-state index in [0.29, 0.717) is 5.02 Å². The number of rotatable bonds is 4. The van der Waals surface area contributed by atoms with Crippen molar-refractivity contribution in [2.24, 2.45) is 0 Å². The lowest BCUT2D eigenvalue weighted by molar-refractivity contribution is 0.414. The summed E-state index contributed by atoms with van der Waals surface area (Å²) in [5, 5.41) is 0.661. The second kappa shape index (κ2) is 5.74. The molecule has 2 aromatic rings. The van der Waals surface area contributed by atoms with Crippen LogP contribution in [0.15, 0.2) is 42.6 Å². The van der Waals surface area contributed by atoms with Crippen LogP contribution in [0.3, 0.4) is 0 Å². The topological polar surface area (TPSA) is 25.4 Å². The summed E-state index contributed by atoms with van der Waals surface area (Å²) in [5.41, 5.74) is 1.18. The minimum Gasteiger partial charge on any atom is -0.497 e. The van der Waals surface area contributed by atoms with Gasteiger partial charge in [0.1, 0.15) is 11.6 Å². The Bertz CT molecular complexity index is 513. The van der Waals surface area contributed by atoms with Gasteiger partial charge in [-0.25, -0.2) is 4.98 Å². The standard InChI is InChI=1S/C14H15ClN2O/c1-17(14-13(15)4-3-9-16-14)10-11-5-7-12(18-2)8-6-11/h3-9H,10H2,1-2H3. The predicted molar refractivity (Wildman–Crippen MR) is 74.3 cm³/mol. The Morgan fingerprint density at radius 3 is 2.56 bits per heavy atom. The van der Waals surface area contributed by atoms with Gasteiger partial charge in [-0.15, -0.1) is 0 Å². The number of hydrogen-bond acceptors (Lipinski definition) is 3. The van der Waals surface area contributed by atoms with E-state index in [1.165, 1.54) is 5.56 Å². The molecule has 3 nitrogen and oxygen atoms in total. The molecule has 0 saturated heterocycles. The summed E-state index contributed by atoms with van der Waals surface area (Å²) < 4.78 is 5.13. The molecule has 0 aliphatic carbocycles. The first-order chi connectivity index (χ1) is 8.70. The van der Waals surface area contributed by atoms with Gasteiger partial charge in [0.15, 0.2) is 0 Å². The number of hydrogen-bond donors (Lipinski definition) is 0. The van der Waals surface area contributed by atoms with Gasteiger partial charge in [-0.05, 0) is 29.8 Å². The van der Waals surface area contributed by atoms with Gasteiger partial charge in [0.2, 0.25) is 0 Å². The van der Waals surface area contributed by atoms with Gasteiger partial charge in [0.25, 0.3) is 0 Å². The van der Waals surface area contributed by atoms with Crippen molar-refractivity contribution in [2.75, 3.05) is 19.1 Å². The van der Waals surface area contributed by atoms with Crippen LogP contribution in [0.4, 0.5) is 5.82 Å². The predicted octanol–water partition coefficient (Wildman–Crippen LogP) is 3.38. The van der Waals surface area contributed by atoms with E-state index in [4.69, 9.17) is 16.3 Å². The Morgan fingerprint density at radius 2 is 1.94 bits per heavy atom. The lowest BCUT2D eigenvalue weighted by Crippen LogP contribution is -2.17. The van der Waals surface area contributed by atoms with Crippen molar-refractivity contribution in [2.45, 2.75) is 6.54 Å². The number of benzene rings is 1.